The minimum absolute atomic E-state index is 0. The van der Waals surface area contributed by atoms with Crippen LogP contribution < -0.4 is 0 Å². The fourth-order valence-electron chi connectivity index (χ4n) is 0.703. The fourth-order valence-corrected chi connectivity index (χ4v) is 1.26. The zero-order chi connectivity index (χ0) is 7.11. The van der Waals surface area contributed by atoms with Crippen LogP contribution >= 0.6 is 8.03 Å². The van der Waals surface area contributed by atoms with E-state index in [1.807, 2.05) is 0 Å². The molecule has 0 radical (unpaired) electrons. The summed E-state index contributed by atoms with van der Waals surface area (Å²) in [5.41, 5.74) is 0. The second-order valence-corrected chi connectivity index (χ2v) is 3.49. The van der Waals surface area contributed by atoms with E-state index < -0.39 is 8.03 Å². The standard InChI is InChI=1S/C6H15O2P.Mo/c1-2-3-4-5-6-9(7)8;/h9H,2-6H2,1H3,(H,7,8);. The van der Waals surface area contributed by atoms with Gasteiger partial charge in [-0.15, -0.1) is 0 Å². The second kappa shape index (κ2) is 9.88. The maximum atomic E-state index is 10.1. The van der Waals surface area contributed by atoms with E-state index >= 15 is 0 Å². The van der Waals surface area contributed by atoms with Crippen molar-refractivity contribution >= 4 is 8.03 Å². The third kappa shape index (κ3) is 11.6. The van der Waals surface area contributed by atoms with Crippen molar-refractivity contribution in [3.8, 4) is 0 Å². The van der Waals surface area contributed by atoms with Gasteiger partial charge in [-0.1, -0.05) is 26.2 Å². The van der Waals surface area contributed by atoms with Crippen LogP contribution in [-0.4, -0.2) is 11.1 Å². The molecule has 0 saturated carbocycles. The first-order valence-corrected chi connectivity index (χ1v) is 5.05. The summed E-state index contributed by atoms with van der Waals surface area (Å²) in [4.78, 5) is 8.40. The van der Waals surface area contributed by atoms with E-state index in [1.165, 1.54) is 12.8 Å². The molecule has 1 unspecified atom stereocenters. The zero-order valence-electron chi connectivity index (χ0n) is 6.30. The molecule has 62 valence electrons. The summed E-state index contributed by atoms with van der Waals surface area (Å²) >= 11 is 0. The van der Waals surface area contributed by atoms with Crippen molar-refractivity contribution in [3.05, 3.63) is 0 Å². The second-order valence-electron chi connectivity index (χ2n) is 2.20. The molecule has 0 aliphatic heterocycles. The number of unbranched alkanes of at least 4 members (excludes halogenated alkanes) is 3. The molecule has 0 saturated heterocycles. The van der Waals surface area contributed by atoms with Crippen LogP contribution in [0.15, 0.2) is 0 Å². The molecule has 0 heterocycles. The normalized spacial score (nSPS) is 12.2. The molecular formula is C6H15MoO2P. The van der Waals surface area contributed by atoms with Crippen LogP contribution in [0.4, 0.5) is 0 Å². The molecule has 0 spiro atoms. The number of hydrogen-bond acceptors (Lipinski definition) is 1. The Bertz CT molecular complexity index is 87.8. The molecule has 0 bridgehead atoms. The molecule has 0 aromatic rings. The Morgan fingerprint density at radius 1 is 1.30 bits per heavy atom. The molecule has 0 aromatic heterocycles. The van der Waals surface area contributed by atoms with Gasteiger partial charge in [0.25, 0.3) is 0 Å². The Morgan fingerprint density at radius 3 is 2.30 bits per heavy atom. The number of hydrogen-bond donors (Lipinski definition) is 1. The van der Waals surface area contributed by atoms with Crippen molar-refractivity contribution in [2.24, 2.45) is 0 Å². The van der Waals surface area contributed by atoms with Gasteiger partial charge in [-0.3, -0.25) is 4.57 Å². The Morgan fingerprint density at radius 2 is 1.90 bits per heavy atom. The molecule has 0 aliphatic rings. The van der Waals surface area contributed by atoms with Gasteiger partial charge in [-0.25, -0.2) is 0 Å². The fraction of sp³-hybridized carbons (Fsp3) is 1.00. The maximum absolute atomic E-state index is 10.1. The summed E-state index contributed by atoms with van der Waals surface area (Å²) in [5.74, 6) is 0. The number of rotatable bonds is 5. The van der Waals surface area contributed by atoms with Crippen molar-refractivity contribution in [2.45, 2.75) is 32.6 Å². The summed E-state index contributed by atoms with van der Waals surface area (Å²) in [7, 11) is -2.17. The van der Waals surface area contributed by atoms with Crippen molar-refractivity contribution in [1.82, 2.24) is 0 Å². The van der Waals surface area contributed by atoms with E-state index in [-0.39, 0.29) is 21.1 Å². The molecule has 1 atom stereocenters. The summed E-state index contributed by atoms with van der Waals surface area (Å²) in [6, 6.07) is 0. The smallest absolute Gasteiger partial charge is 0.189 e. The van der Waals surface area contributed by atoms with Gasteiger partial charge in [0.2, 0.25) is 0 Å². The molecule has 4 heteroatoms. The quantitative estimate of drug-likeness (QED) is 0.458. The van der Waals surface area contributed by atoms with Crippen LogP contribution in [0.5, 0.6) is 0 Å². The first-order chi connectivity index (χ1) is 4.27. The van der Waals surface area contributed by atoms with E-state index in [4.69, 9.17) is 4.89 Å². The van der Waals surface area contributed by atoms with Gasteiger partial charge in [-0.2, -0.15) is 0 Å². The summed E-state index contributed by atoms with van der Waals surface area (Å²) in [6.07, 6.45) is 4.92. The largest absolute Gasteiger partial charge is 0.346 e. The molecule has 10 heavy (non-hydrogen) atoms. The molecule has 0 fully saturated rings. The molecule has 2 nitrogen and oxygen atoms in total. The van der Waals surface area contributed by atoms with Crippen molar-refractivity contribution in [2.75, 3.05) is 6.16 Å². The minimum atomic E-state index is -2.17. The van der Waals surface area contributed by atoms with E-state index in [0.717, 1.165) is 12.8 Å². The average Bonchev–Trinajstić information content (AvgIpc) is 1.80. The Hall–Kier alpha value is 0.878. The SMILES string of the molecule is CCCCCC[PH](=O)O.[Mo]. The van der Waals surface area contributed by atoms with Crippen LogP contribution in [-0.2, 0) is 25.6 Å². The van der Waals surface area contributed by atoms with Crippen LogP contribution in [0.3, 0.4) is 0 Å². The summed E-state index contributed by atoms with van der Waals surface area (Å²) < 4.78 is 10.1. The first kappa shape index (κ1) is 13.5. The van der Waals surface area contributed by atoms with Crippen LogP contribution in [0, 0.1) is 0 Å². The average molecular weight is 246 g/mol. The van der Waals surface area contributed by atoms with Gasteiger partial charge in [0.05, 0.1) is 0 Å². The van der Waals surface area contributed by atoms with E-state index in [1.54, 1.807) is 0 Å². The predicted molar refractivity (Wildman–Crippen MR) is 40.2 cm³/mol. The van der Waals surface area contributed by atoms with Crippen molar-refractivity contribution in [3.63, 3.8) is 0 Å². The van der Waals surface area contributed by atoms with E-state index in [9.17, 15) is 4.57 Å². The molecule has 1 N–H and O–H groups in total. The van der Waals surface area contributed by atoms with Gasteiger partial charge < -0.3 is 4.89 Å². The molecule has 0 amide bonds. The van der Waals surface area contributed by atoms with Gasteiger partial charge in [0, 0.05) is 27.2 Å². The van der Waals surface area contributed by atoms with Crippen LogP contribution in [0.1, 0.15) is 32.6 Å². The van der Waals surface area contributed by atoms with E-state index in [2.05, 4.69) is 6.92 Å². The molecule has 0 aromatic carbocycles. The Labute approximate surface area is 77.5 Å². The molecule has 0 rings (SSSR count). The van der Waals surface area contributed by atoms with Gasteiger partial charge in [0.15, 0.2) is 8.03 Å². The summed E-state index contributed by atoms with van der Waals surface area (Å²) in [5, 5.41) is 0. The van der Waals surface area contributed by atoms with Gasteiger partial charge in [0.1, 0.15) is 0 Å². The molecule has 0 aliphatic carbocycles. The van der Waals surface area contributed by atoms with Crippen molar-refractivity contribution < 1.29 is 30.5 Å². The Balaban J connectivity index is 0. The van der Waals surface area contributed by atoms with E-state index in [0.29, 0.717) is 6.16 Å². The van der Waals surface area contributed by atoms with Crippen LogP contribution in [0.25, 0.3) is 0 Å². The van der Waals surface area contributed by atoms with Gasteiger partial charge in [-0.05, 0) is 6.42 Å². The third-order valence-electron chi connectivity index (χ3n) is 1.24. The minimum Gasteiger partial charge on any atom is -0.346 e. The van der Waals surface area contributed by atoms with Gasteiger partial charge >= 0.3 is 0 Å². The predicted octanol–water partition coefficient (Wildman–Crippen LogP) is 2.03. The monoisotopic (exact) mass is 248 g/mol. The van der Waals surface area contributed by atoms with Crippen LogP contribution in [0.2, 0.25) is 0 Å². The third-order valence-corrected chi connectivity index (χ3v) is 2.03. The maximum Gasteiger partial charge on any atom is 0.189 e. The first-order valence-electron chi connectivity index (χ1n) is 3.49. The summed E-state index contributed by atoms with van der Waals surface area (Å²) in [6.45, 7) is 2.13. The molecular weight excluding hydrogens is 231 g/mol. The zero-order valence-corrected chi connectivity index (χ0v) is 9.31. The Kier molecular flexibility index (Phi) is 13.3. The van der Waals surface area contributed by atoms with Crippen molar-refractivity contribution in [1.29, 1.82) is 0 Å². The topological polar surface area (TPSA) is 37.3 Å².